The smallest absolute Gasteiger partial charge is 0.280 e. The van der Waals surface area contributed by atoms with Gasteiger partial charge in [0.15, 0.2) is 5.01 Å². The van der Waals surface area contributed by atoms with Crippen molar-refractivity contribution in [3.05, 3.63) is 15.6 Å². The zero-order chi connectivity index (χ0) is 11.2. The van der Waals surface area contributed by atoms with Gasteiger partial charge in [0.05, 0.1) is 5.69 Å². The van der Waals surface area contributed by atoms with Gasteiger partial charge in [-0.2, -0.15) is 0 Å². The molecule has 0 fully saturated rings. The summed E-state index contributed by atoms with van der Waals surface area (Å²) < 4.78 is 0. The molecule has 1 aromatic heterocycles. The number of aromatic nitrogens is 1. The minimum Gasteiger partial charge on any atom is -0.353 e. The lowest BCUT2D eigenvalue weighted by Crippen LogP contribution is -2.25. The third-order valence-electron chi connectivity index (χ3n) is 2.90. The average molecular weight is 225 g/mol. The van der Waals surface area contributed by atoms with E-state index in [1.54, 1.807) is 7.05 Å². The number of nitrogens with one attached hydrogen (secondary N) is 1. The first-order valence-corrected chi connectivity index (χ1v) is 5.74. The summed E-state index contributed by atoms with van der Waals surface area (Å²) in [7, 11) is 1.61. The van der Waals surface area contributed by atoms with Crippen LogP contribution in [-0.2, 0) is 6.42 Å². The molecule has 1 heterocycles. The lowest BCUT2D eigenvalue weighted by Gasteiger charge is -2.22. The third kappa shape index (κ3) is 1.55. The van der Waals surface area contributed by atoms with Gasteiger partial charge in [-0.3, -0.25) is 4.79 Å². The Kier molecular flexibility index (Phi) is 2.31. The summed E-state index contributed by atoms with van der Waals surface area (Å²) in [6, 6.07) is 0.00315. The van der Waals surface area contributed by atoms with Crippen molar-refractivity contribution < 1.29 is 4.79 Å². The number of amides is 1. The van der Waals surface area contributed by atoms with Crippen molar-refractivity contribution >= 4 is 17.2 Å². The fourth-order valence-electron chi connectivity index (χ4n) is 1.83. The molecule has 15 heavy (non-hydrogen) atoms. The Hall–Kier alpha value is -0.940. The maximum Gasteiger partial charge on any atom is 0.280 e. The highest BCUT2D eigenvalue weighted by atomic mass is 32.1. The van der Waals surface area contributed by atoms with Crippen molar-refractivity contribution in [2.24, 2.45) is 11.1 Å². The van der Waals surface area contributed by atoms with Gasteiger partial charge < -0.3 is 11.1 Å². The fourth-order valence-corrected chi connectivity index (χ4v) is 3.07. The van der Waals surface area contributed by atoms with Crippen LogP contribution in [0.25, 0.3) is 0 Å². The first kappa shape index (κ1) is 10.6. The van der Waals surface area contributed by atoms with Gasteiger partial charge in [-0.15, -0.1) is 11.3 Å². The molecule has 1 amide bonds. The lowest BCUT2D eigenvalue weighted by molar-refractivity contribution is 0.0962. The molecule has 0 saturated heterocycles. The molecule has 0 bridgehead atoms. The van der Waals surface area contributed by atoms with Crippen LogP contribution >= 0.6 is 11.3 Å². The molecule has 4 nitrogen and oxygen atoms in total. The summed E-state index contributed by atoms with van der Waals surface area (Å²) >= 11 is 1.42. The molecule has 1 aliphatic carbocycles. The molecule has 0 aliphatic heterocycles. The molecule has 5 heteroatoms. The second kappa shape index (κ2) is 3.28. The Balaban J connectivity index is 2.36. The minimum absolute atomic E-state index is 0.00315. The predicted octanol–water partition coefficient (Wildman–Crippen LogP) is 1.08. The van der Waals surface area contributed by atoms with Crippen molar-refractivity contribution in [2.45, 2.75) is 26.3 Å². The summed E-state index contributed by atoms with van der Waals surface area (Å²) in [5.74, 6) is -0.126. The number of nitrogens with zero attached hydrogens (tertiary/aromatic N) is 1. The van der Waals surface area contributed by atoms with Crippen molar-refractivity contribution in [2.75, 3.05) is 7.05 Å². The Morgan fingerprint density at radius 1 is 1.67 bits per heavy atom. The Labute approximate surface area is 92.9 Å². The summed E-state index contributed by atoms with van der Waals surface area (Å²) in [6.07, 6.45) is 0.858. The molecular weight excluding hydrogens is 210 g/mol. The van der Waals surface area contributed by atoms with E-state index < -0.39 is 0 Å². The van der Waals surface area contributed by atoms with Crippen LogP contribution in [0.2, 0.25) is 0 Å². The SMILES string of the molecule is CNC(=O)c1nc2c(s1)[C@@H](N)C(C)(C)C2. The number of carbonyl (C=O) groups excluding carboxylic acids is 1. The van der Waals surface area contributed by atoms with Gasteiger partial charge in [-0.05, 0) is 11.8 Å². The highest BCUT2D eigenvalue weighted by Crippen LogP contribution is 2.45. The molecule has 3 N–H and O–H groups in total. The summed E-state index contributed by atoms with van der Waals surface area (Å²) in [4.78, 5) is 16.8. The van der Waals surface area contributed by atoms with Gasteiger partial charge >= 0.3 is 0 Å². The number of carbonyl (C=O) groups is 1. The normalized spacial score (nSPS) is 22.5. The van der Waals surface area contributed by atoms with E-state index in [1.807, 2.05) is 0 Å². The predicted molar refractivity (Wildman–Crippen MR) is 59.9 cm³/mol. The van der Waals surface area contributed by atoms with Gasteiger partial charge in [-0.25, -0.2) is 4.98 Å². The van der Waals surface area contributed by atoms with Crippen LogP contribution in [0.5, 0.6) is 0 Å². The quantitative estimate of drug-likeness (QED) is 0.751. The van der Waals surface area contributed by atoms with Crippen molar-refractivity contribution in [3.63, 3.8) is 0 Å². The van der Waals surface area contributed by atoms with Gasteiger partial charge in [-0.1, -0.05) is 13.8 Å². The van der Waals surface area contributed by atoms with E-state index >= 15 is 0 Å². The Morgan fingerprint density at radius 3 is 2.87 bits per heavy atom. The van der Waals surface area contributed by atoms with E-state index in [4.69, 9.17) is 5.73 Å². The van der Waals surface area contributed by atoms with Crippen LogP contribution in [0.3, 0.4) is 0 Å². The van der Waals surface area contributed by atoms with Crippen molar-refractivity contribution in [1.29, 1.82) is 0 Å². The van der Waals surface area contributed by atoms with Gasteiger partial charge in [0.1, 0.15) is 0 Å². The summed E-state index contributed by atoms with van der Waals surface area (Å²) in [6.45, 7) is 4.26. The molecular formula is C10H15N3OS. The second-order valence-electron chi connectivity index (χ2n) is 4.55. The van der Waals surface area contributed by atoms with E-state index in [9.17, 15) is 4.79 Å². The number of nitrogens with two attached hydrogens (primary N) is 1. The lowest BCUT2D eigenvalue weighted by atomic mass is 9.87. The largest absolute Gasteiger partial charge is 0.353 e. The van der Waals surface area contributed by atoms with Gasteiger partial charge in [0, 0.05) is 18.0 Å². The van der Waals surface area contributed by atoms with Gasteiger partial charge in [0.25, 0.3) is 5.91 Å². The Bertz CT molecular complexity index is 411. The maximum absolute atomic E-state index is 11.4. The van der Waals surface area contributed by atoms with E-state index in [2.05, 4.69) is 24.1 Å². The number of hydrogen-bond acceptors (Lipinski definition) is 4. The molecule has 0 spiro atoms. The molecule has 82 valence electrons. The van der Waals surface area contributed by atoms with Crippen molar-refractivity contribution in [1.82, 2.24) is 10.3 Å². The number of rotatable bonds is 1. The van der Waals surface area contributed by atoms with E-state index in [1.165, 1.54) is 11.3 Å². The molecule has 0 aromatic carbocycles. The number of fused-ring (bicyclic) bond motifs is 1. The highest BCUT2D eigenvalue weighted by Gasteiger charge is 2.39. The fraction of sp³-hybridized carbons (Fsp3) is 0.600. The summed E-state index contributed by atoms with van der Waals surface area (Å²) in [5, 5.41) is 3.10. The maximum atomic E-state index is 11.4. The zero-order valence-corrected chi connectivity index (χ0v) is 9.94. The van der Waals surface area contributed by atoms with E-state index in [-0.39, 0.29) is 17.4 Å². The van der Waals surface area contributed by atoms with Crippen LogP contribution in [0, 0.1) is 5.41 Å². The number of thiazole rings is 1. The van der Waals surface area contributed by atoms with Crippen LogP contribution < -0.4 is 11.1 Å². The molecule has 1 aromatic rings. The van der Waals surface area contributed by atoms with E-state index in [0.29, 0.717) is 5.01 Å². The summed E-state index contributed by atoms with van der Waals surface area (Å²) in [5.41, 5.74) is 7.18. The van der Waals surface area contributed by atoms with Crippen LogP contribution in [-0.4, -0.2) is 17.9 Å². The van der Waals surface area contributed by atoms with E-state index in [0.717, 1.165) is 17.0 Å². The monoisotopic (exact) mass is 225 g/mol. The topological polar surface area (TPSA) is 68.0 Å². The van der Waals surface area contributed by atoms with Crippen LogP contribution in [0.4, 0.5) is 0 Å². The van der Waals surface area contributed by atoms with Crippen molar-refractivity contribution in [3.8, 4) is 0 Å². The first-order chi connectivity index (χ1) is 6.95. The molecule has 1 aliphatic rings. The molecule has 0 radical (unpaired) electrons. The molecule has 1 atom stereocenters. The average Bonchev–Trinajstić information content (AvgIpc) is 2.65. The molecule has 0 unspecified atom stereocenters. The highest BCUT2D eigenvalue weighted by molar-refractivity contribution is 7.13. The molecule has 0 saturated carbocycles. The zero-order valence-electron chi connectivity index (χ0n) is 9.13. The first-order valence-electron chi connectivity index (χ1n) is 4.93. The Morgan fingerprint density at radius 2 is 2.33 bits per heavy atom. The molecule has 2 rings (SSSR count). The van der Waals surface area contributed by atoms with Gasteiger partial charge in [0.2, 0.25) is 0 Å². The minimum atomic E-state index is -0.126. The second-order valence-corrected chi connectivity index (χ2v) is 5.58. The van der Waals surface area contributed by atoms with Crippen LogP contribution in [0.1, 0.15) is 40.3 Å². The standard InChI is InChI=1S/C10H15N3OS/c1-10(2)4-5-6(7(10)11)15-9(13-5)8(14)12-3/h7H,4,11H2,1-3H3,(H,12,14)/t7-/m1/s1. The van der Waals surface area contributed by atoms with Crippen LogP contribution in [0.15, 0.2) is 0 Å². The number of hydrogen-bond donors (Lipinski definition) is 2. The third-order valence-corrected chi connectivity index (χ3v) is 4.08.